The van der Waals surface area contributed by atoms with Gasteiger partial charge in [-0.2, -0.15) is 0 Å². The molecule has 0 bridgehead atoms. The fourth-order valence-corrected chi connectivity index (χ4v) is 4.34. The van der Waals surface area contributed by atoms with E-state index in [0.29, 0.717) is 23.0 Å². The van der Waals surface area contributed by atoms with Gasteiger partial charge >= 0.3 is 10.8 Å². The number of nitrogens with zero attached hydrogens (tertiary/aromatic N) is 4. The molecule has 26 heavy (non-hydrogen) atoms. The highest BCUT2D eigenvalue weighted by Gasteiger charge is 2.44. The SMILES string of the molecule is CC(=O)OC(C1CC1)[C@@H]1CC[C@H](n2c3c(sc2=O)C=NC(N=NN)N3)O1. The van der Waals surface area contributed by atoms with Crippen molar-refractivity contribution >= 4 is 29.3 Å². The molecular formula is C15H20N6O4S. The van der Waals surface area contributed by atoms with Crippen molar-refractivity contribution in [1.82, 2.24) is 4.57 Å². The number of aromatic nitrogens is 1. The Morgan fingerprint density at radius 3 is 3.00 bits per heavy atom. The molecule has 10 nitrogen and oxygen atoms in total. The van der Waals surface area contributed by atoms with Crippen LogP contribution in [0, 0.1) is 5.92 Å². The van der Waals surface area contributed by atoms with Crippen molar-refractivity contribution in [3.63, 3.8) is 0 Å². The smallest absolute Gasteiger partial charge is 0.311 e. The van der Waals surface area contributed by atoms with Gasteiger partial charge in [0.25, 0.3) is 0 Å². The standard InChI is InChI=1S/C15H20N6O4S/c1-7(22)24-12(8-2-3-8)9-4-5-11(25-9)21-13-10(26-15(21)23)6-17-14(18-13)19-20-16/h6,8-9,11-12,14,18H,2-5H2,1H3,(H2,16,19)/t9-,11+,12?,14?/m0/s1. The summed E-state index contributed by atoms with van der Waals surface area (Å²) in [7, 11) is 0. The Bertz CT molecular complexity index is 814. The van der Waals surface area contributed by atoms with Gasteiger partial charge in [-0.05, 0) is 31.6 Å². The summed E-state index contributed by atoms with van der Waals surface area (Å²) in [6.07, 6.45) is 3.55. The zero-order valence-corrected chi connectivity index (χ0v) is 15.0. The monoisotopic (exact) mass is 380 g/mol. The van der Waals surface area contributed by atoms with Gasteiger partial charge in [0, 0.05) is 13.1 Å². The molecule has 3 aliphatic rings. The third-order valence-corrected chi connectivity index (χ3v) is 5.61. The molecule has 1 aliphatic carbocycles. The summed E-state index contributed by atoms with van der Waals surface area (Å²) in [4.78, 5) is 28.6. The maximum Gasteiger partial charge on any atom is 0.311 e. The lowest BCUT2D eigenvalue weighted by Gasteiger charge is -2.24. The summed E-state index contributed by atoms with van der Waals surface area (Å²) >= 11 is 1.09. The van der Waals surface area contributed by atoms with E-state index in [9.17, 15) is 9.59 Å². The third-order valence-electron chi connectivity index (χ3n) is 4.72. The summed E-state index contributed by atoms with van der Waals surface area (Å²) in [5.41, 5.74) is 0. The lowest BCUT2D eigenvalue weighted by Crippen LogP contribution is -2.33. The van der Waals surface area contributed by atoms with E-state index in [0.717, 1.165) is 30.6 Å². The fraction of sp³-hybridized carbons (Fsp3) is 0.667. The molecule has 4 atom stereocenters. The van der Waals surface area contributed by atoms with E-state index in [4.69, 9.17) is 15.3 Å². The first-order chi connectivity index (χ1) is 12.6. The zero-order valence-electron chi connectivity index (χ0n) is 14.2. The molecule has 11 heteroatoms. The minimum Gasteiger partial charge on any atom is -0.459 e. The van der Waals surface area contributed by atoms with Crippen molar-refractivity contribution < 1.29 is 14.3 Å². The van der Waals surface area contributed by atoms with Gasteiger partial charge in [-0.25, -0.2) is 4.99 Å². The molecular weight excluding hydrogens is 360 g/mol. The van der Waals surface area contributed by atoms with Crippen LogP contribution < -0.4 is 16.0 Å². The average Bonchev–Trinajstić information content (AvgIpc) is 3.24. The average molecular weight is 380 g/mol. The summed E-state index contributed by atoms with van der Waals surface area (Å²) in [6, 6.07) is 0. The van der Waals surface area contributed by atoms with Crippen LogP contribution in [-0.2, 0) is 14.3 Å². The summed E-state index contributed by atoms with van der Waals surface area (Å²) in [5.74, 6) is 5.75. The Labute approximate surface area is 153 Å². The summed E-state index contributed by atoms with van der Waals surface area (Å²) < 4.78 is 13.2. The molecule has 0 radical (unpaired) electrons. The Morgan fingerprint density at radius 1 is 1.50 bits per heavy atom. The molecule has 1 aromatic heterocycles. The minimum absolute atomic E-state index is 0.139. The van der Waals surface area contributed by atoms with E-state index in [1.165, 1.54) is 6.92 Å². The molecule has 1 saturated carbocycles. The van der Waals surface area contributed by atoms with E-state index in [1.54, 1.807) is 10.8 Å². The first-order valence-corrected chi connectivity index (χ1v) is 9.36. The molecule has 3 N–H and O–H groups in total. The number of nitrogens with two attached hydrogens (primary N) is 1. The maximum atomic E-state index is 12.5. The molecule has 0 amide bonds. The number of anilines is 1. The van der Waals surface area contributed by atoms with E-state index in [1.807, 2.05) is 0 Å². The fourth-order valence-electron chi connectivity index (χ4n) is 3.48. The van der Waals surface area contributed by atoms with Crippen LogP contribution in [0.25, 0.3) is 0 Å². The molecule has 140 valence electrons. The second-order valence-electron chi connectivity index (χ2n) is 6.60. The predicted molar refractivity (Wildman–Crippen MR) is 94.0 cm³/mol. The lowest BCUT2D eigenvalue weighted by molar-refractivity contribution is -0.158. The first kappa shape index (κ1) is 17.2. The lowest BCUT2D eigenvalue weighted by atomic mass is 10.1. The predicted octanol–water partition coefficient (Wildman–Crippen LogP) is 1.38. The summed E-state index contributed by atoms with van der Waals surface area (Å²) in [5, 5.41) is 10.0. The van der Waals surface area contributed by atoms with Crippen molar-refractivity contribution in [3.8, 4) is 0 Å². The second-order valence-corrected chi connectivity index (χ2v) is 7.59. The molecule has 0 aromatic carbocycles. The Balaban J connectivity index is 1.54. The molecule has 2 unspecified atom stereocenters. The quantitative estimate of drug-likeness (QED) is 0.343. The second kappa shape index (κ2) is 6.80. The molecule has 4 rings (SSSR count). The minimum atomic E-state index is -0.662. The Morgan fingerprint density at radius 2 is 2.31 bits per heavy atom. The first-order valence-electron chi connectivity index (χ1n) is 8.54. The topological polar surface area (TPSA) is 133 Å². The molecule has 3 heterocycles. The van der Waals surface area contributed by atoms with Crippen LogP contribution in [0.1, 0.15) is 43.7 Å². The van der Waals surface area contributed by atoms with Crippen molar-refractivity contribution in [2.24, 2.45) is 27.1 Å². The van der Waals surface area contributed by atoms with Gasteiger partial charge in [0.05, 0.1) is 11.0 Å². The van der Waals surface area contributed by atoms with E-state index >= 15 is 0 Å². The van der Waals surface area contributed by atoms with Gasteiger partial charge < -0.3 is 20.6 Å². The van der Waals surface area contributed by atoms with Crippen molar-refractivity contribution in [2.75, 3.05) is 5.32 Å². The van der Waals surface area contributed by atoms with Crippen LogP contribution in [-0.4, -0.2) is 35.2 Å². The number of thiazole rings is 1. The number of esters is 1. The highest BCUT2D eigenvalue weighted by Crippen LogP contribution is 2.42. The highest BCUT2D eigenvalue weighted by atomic mass is 32.1. The van der Waals surface area contributed by atoms with Gasteiger partial charge in [-0.15, -0.1) is 5.11 Å². The molecule has 2 fully saturated rings. The van der Waals surface area contributed by atoms with Crippen LogP contribution in [0.5, 0.6) is 0 Å². The van der Waals surface area contributed by atoms with Crippen LogP contribution in [0.3, 0.4) is 0 Å². The van der Waals surface area contributed by atoms with Crippen molar-refractivity contribution in [2.45, 2.75) is 57.3 Å². The third kappa shape index (κ3) is 3.23. The highest BCUT2D eigenvalue weighted by molar-refractivity contribution is 7.11. The Hall–Kier alpha value is -2.27. The van der Waals surface area contributed by atoms with Gasteiger partial charge in [0.1, 0.15) is 18.1 Å². The van der Waals surface area contributed by atoms with Crippen molar-refractivity contribution in [1.29, 1.82) is 0 Å². The molecule has 1 saturated heterocycles. The number of carbonyl (C=O) groups excluding carboxylic acids is 1. The molecule has 1 aromatic rings. The molecule has 0 spiro atoms. The van der Waals surface area contributed by atoms with Crippen molar-refractivity contribution in [3.05, 3.63) is 14.5 Å². The molecule has 2 aliphatic heterocycles. The van der Waals surface area contributed by atoms with Gasteiger partial charge in [0.15, 0.2) is 0 Å². The Kier molecular flexibility index (Phi) is 4.49. The zero-order chi connectivity index (χ0) is 18.3. The van der Waals surface area contributed by atoms with Gasteiger partial charge in [-0.3, -0.25) is 14.2 Å². The van der Waals surface area contributed by atoms with Crippen LogP contribution >= 0.6 is 11.3 Å². The van der Waals surface area contributed by atoms with Gasteiger partial charge in [-0.1, -0.05) is 16.6 Å². The maximum absolute atomic E-state index is 12.5. The number of nitrogens with one attached hydrogen (secondary N) is 1. The number of ether oxygens (including phenoxy) is 2. The summed E-state index contributed by atoms with van der Waals surface area (Å²) in [6.45, 7) is 1.41. The largest absolute Gasteiger partial charge is 0.459 e. The normalized spacial score (nSPS) is 28.7. The number of rotatable bonds is 5. The van der Waals surface area contributed by atoms with Gasteiger partial charge in [0.2, 0.25) is 6.29 Å². The van der Waals surface area contributed by atoms with Crippen LogP contribution in [0.15, 0.2) is 20.1 Å². The number of carbonyl (C=O) groups is 1. The number of aliphatic imine (C=N–C) groups is 1. The van der Waals surface area contributed by atoms with E-state index < -0.39 is 12.5 Å². The number of hydrogen-bond donors (Lipinski definition) is 2. The number of hydrogen-bond acceptors (Lipinski definition) is 9. The van der Waals surface area contributed by atoms with Crippen LogP contribution in [0.4, 0.5) is 5.82 Å². The van der Waals surface area contributed by atoms with E-state index in [2.05, 4.69) is 20.6 Å². The number of fused-ring (bicyclic) bond motifs is 1. The van der Waals surface area contributed by atoms with E-state index in [-0.39, 0.29) is 23.1 Å². The van der Waals surface area contributed by atoms with Crippen LogP contribution in [0.2, 0.25) is 0 Å².